The van der Waals surface area contributed by atoms with Crippen LogP contribution >= 0.6 is 0 Å². The van der Waals surface area contributed by atoms with Crippen LogP contribution in [0.3, 0.4) is 0 Å². The summed E-state index contributed by atoms with van der Waals surface area (Å²) in [5, 5.41) is 12.1. The molecule has 2 aliphatic rings. The van der Waals surface area contributed by atoms with Crippen molar-refractivity contribution in [2.45, 2.75) is 20.8 Å². The van der Waals surface area contributed by atoms with E-state index in [9.17, 15) is 4.79 Å². The van der Waals surface area contributed by atoms with Gasteiger partial charge in [0.05, 0.1) is 16.8 Å². The summed E-state index contributed by atoms with van der Waals surface area (Å²) in [7, 11) is 1.93. The molecule has 3 rings (SSSR count). The van der Waals surface area contributed by atoms with Gasteiger partial charge in [0.25, 0.3) is 5.56 Å². The normalized spacial score (nSPS) is 12.8. The number of fused-ring (bicyclic) bond motifs is 3. The Labute approximate surface area is 170 Å². The summed E-state index contributed by atoms with van der Waals surface area (Å²) in [5.74, 6) is 0.801. The van der Waals surface area contributed by atoms with E-state index in [1.165, 1.54) is 4.68 Å². The van der Waals surface area contributed by atoms with Crippen molar-refractivity contribution in [3.63, 3.8) is 0 Å². The molecule has 2 N–H and O–H groups in total. The monoisotopic (exact) mass is 392 g/mol. The second-order valence-electron chi connectivity index (χ2n) is 6.70. The first-order valence-electron chi connectivity index (χ1n) is 9.89. The van der Waals surface area contributed by atoms with Crippen LogP contribution in [0, 0.1) is 0 Å². The minimum Gasteiger partial charge on any atom is -0.369 e. The number of aryl methyl sites for hydroxylation is 1. The van der Waals surface area contributed by atoms with Crippen molar-refractivity contribution < 1.29 is 0 Å². The van der Waals surface area contributed by atoms with Crippen LogP contribution in [-0.4, -0.2) is 39.0 Å². The summed E-state index contributed by atoms with van der Waals surface area (Å²) in [5.41, 5.74) is 2.78. The van der Waals surface area contributed by atoms with Crippen molar-refractivity contribution >= 4 is 22.4 Å². The SMILES string of the molecule is C\C=C/C=C(\C=C/C)n1nc2c3cnc(NCCNCC)cc3n(C)cc-2c1=O. The lowest BCUT2D eigenvalue weighted by Crippen LogP contribution is -2.21. The Bertz CT molecular complexity index is 1100. The summed E-state index contributed by atoms with van der Waals surface area (Å²) in [6.45, 7) is 8.54. The Morgan fingerprint density at radius 1 is 1.24 bits per heavy atom. The number of aromatic nitrogens is 4. The van der Waals surface area contributed by atoms with E-state index in [4.69, 9.17) is 0 Å². The van der Waals surface area contributed by atoms with Gasteiger partial charge in [0.2, 0.25) is 0 Å². The average Bonchev–Trinajstić information content (AvgIpc) is 3.05. The number of allylic oxidation sites excluding steroid dienone is 6. The fraction of sp³-hybridized carbons (Fsp3) is 0.318. The number of hydrogen-bond acceptors (Lipinski definition) is 5. The van der Waals surface area contributed by atoms with Crippen LogP contribution < -0.4 is 16.2 Å². The van der Waals surface area contributed by atoms with E-state index in [1.807, 2.05) is 68.1 Å². The maximum Gasteiger partial charge on any atom is 0.282 e. The predicted octanol–water partition coefficient (Wildman–Crippen LogP) is 3.25. The van der Waals surface area contributed by atoms with E-state index in [0.717, 1.165) is 42.1 Å². The highest BCUT2D eigenvalue weighted by molar-refractivity contribution is 5.94. The molecule has 0 amide bonds. The van der Waals surface area contributed by atoms with E-state index < -0.39 is 0 Å². The molecule has 1 aromatic heterocycles. The van der Waals surface area contributed by atoms with Gasteiger partial charge >= 0.3 is 0 Å². The van der Waals surface area contributed by atoms with Gasteiger partial charge in [-0.25, -0.2) is 4.98 Å². The second kappa shape index (κ2) is 9.34. The maximum atomic E-state index is 13.0. The Morgan fingerprint density at radius 2 is 2.07 bits per heavy atom. The Hall–Kier alpha value is -3.19. The largest absolute Gasteiger partial charge is 0.369 e. The summed E-state index contributed by atoms with van der Waals surface area (Å²) >= 11 is 0. The molecular weight excluding hydrogens is 364 g/mol. The fourth-order valence-electron chi connectivity index (χ4n) is 3.20. The molecule has 0 saturated heterocycles. The van der Waals surface area contributed by atoms with Gasteiger partial charge in [-0.3, -0.25) is 4.79 Å². The first-order valence-corrected chi connectivity index (χ1v) is 9.89. The maximum absolute atomic E-state index is 13.0. The van der Waals surface area contributed by atoms with Gasteiger partial charge in [-0.15, -0.1) is 0 Å². The zero-order chi connectivity index (χ0) is 20.8. The van der Waals surface area contributed by atoms with E-state index >= 15 is 0 Å². The van der Waals surface area contributed by atoms with Crippen molar-refractivity contribution in [1.82, 2.24) is 24.6 Å². The number of hydrogen-bond donors (Lipinski definition) is 2. The van der Waals surface area contributed by atoms with Crippen LogP contribution in [0.1, 0.15) is 20.8 Å². The molecule has 0 saturated carbocycles. The first-order chi connectivity index (χ1) is 14.1. The van der Waals surface area contributed by atoms with Crippen LogP contribution in [-0.2, 0) is 7.05 Å². The Kier molecular flexibility index (Phi) is 6.61. The third-order valence-corrected chi connectivity index (χ3v) is 4.62. The number of nitrogens with zero attached hydrogens (tertiary/aromatic N) is 4. The summed E-state index contributed by atoms with van der Waals surface area (Å²) < 4.78 is 3.40. The quantitative estimate of drug-likeness (QED) is 0.455. The summed E-state index contributed by atoms with van der Waals surface area (Å²) in [4.78, 5) is 17.5. The standard InChI is InChI=1S/C22H28N6O/c1-5-8-10-16(9-6-2)28-22(29)18-15-27(4)19-13-20(24-12-11-23-7-3)25-14-17(19)21(18)26-28/h5-6,8-10,13-15,23H,7,11-12H2,1-4H3,(H,24,25)/b8-5-,9-6-,16-10+. The fourth-order valence-corrected chi connectivity index (χ4v) is 3.20. The van der Waals surface area contributed by atoms with Gasteiger partial charge in [0, 0.05) is 44.0 Å². The molecular formula is C22H28N6O. The molecule has 1 aromatic rings. The molecule has 0 bridgehead atoms. The molecule has 7 nitrogen and oxygen atoms in total. The molecule has 7 heteroatoms. The number of pyridine rings is 2. The van der Waals surface area contributed by atoms with E-state index in [-0.39, 0.29) is 5.56 Å². The molecule has 29 heavy (non-hydrogen) atoms. The second-order valence-corrected chi connectivity index (χ2v) is 6.70. The molecule has 2 aliphatic heterocycles. The van der Waals surface area contributed by atoms with E-state index in [0.29, 0.717) is 11.3 Å². The lowest BCUT2D eigenvalue weighted by molar-refractivity contribution is 0.738. The molecule has 0 atom stereocenters. The highest BCUT2D eigenvalue weighted by Crippen LogP contribution is 2.28. The predicted molar refractivity (Wildman–Crippen MR) is 120 cm³/mol. The number of likely N-dealkylation sites (N-methyl/N-ethyl adjacent to an activating group) is 1. The van der Waals surface area contributed by atoms with Crippen molar-refractivity contribution in [1.29, 1.82) is 0 Å². The summed E-state index contributed by atoms with van der Waals surface area (Å²) in [6.07, 6.45) is 13.1. The van der Waals surface area contributed by atoms with Crippen molar-refractivity contribution in [3.8, 4) is 11.3 Å². The molecule has 0 unspecified atom stereocenters. The zero-order valence-corrected chi connectivity index (χ0v) is 17.4. The molecule has 0 radical (unpaired) electrons. The lowest BCUT2D eigenvalue weighted by Gasteiger charge is -2.11. The molecule has 0 aliphatic carbocycles. The van der Waals surface area contributed by atoms with Crippen molar-refractivity contribution in [2.24, 2.45) is 7.05 Å². The molecule has 0 fully saturated rings. The molecule has 3 heterocycles. The van der Waals surface area contributed by atoms with Crippen LogP contribution in [0.5, 0.6) is 0 Å². The highest BCUT2D eigenvalue weighted by atomic mass is 16.1. The minimum atomic E-state index is -0.140. The highest BCUT2D eigenvalue weighted by Gasteiger charge is 2.20. The Balaban J connectivity index is 2.09. The average molecular weight is 393 g/mol. The molecule has 152 valence electrons. The minimum absolute atomic E-state index is 0.140. The van der Waals surface area contributed by atoms with Crippen LogP contribution in [0.2, 0.25) is 0 Å². The van der Waals surface area contributed by atoms with Gasteiger partial charge in [0.15, 0.2) is 0 Å². The summed E-state index contributed by atoms with van der Waals surface area (Å²) in [6, 6.07) is 1.99. The smallest absolute Gasteiger partial charge is 0.282 e. The number of nitrogens with one attached hydrogen (secondary N) is 2. The zero-order valence-electron chi connectivity index (χ0n) is 17.4. The third-order valence-electron chi connectivity index (χ3n) is 4.62. The van der Waals surface area contributed by atoms with E-state index in [1.54, 1.807) is 6.20 Å². The first kappa shape index (κ1) is 20.5. The lowest BCUT2D eigenvalue weighted by atomic mass is 10.1. The van der Waals surface area contributed by atoms with Gasteiger partial charge in [-0.05, 0) is 32.5 Å². The van der Waals surface area contributed by atoms with E-state index in [2.05, 4.69) is 27.6 Å². The van der Waals surface area contributed by atoms with Crippen molar-refractivity contribution in [3.05, 3.63) is 59.2 Å². The Morgan fingerprint density at radius 3 is 2.79 bits per heavy atom. The number of anilines is 1. The van der Waals surface area contributed by atoms with Gasteiger partial charge in [0.1, 0.15) is 11.5 Å². The van der Waals surface area contributed by atoms with Gasteiger partial charge in [-0.1, -0.05) is 25.2 Å². The van der Waals surface area contributed by atoms with Crippen LogP contribution in [0.15, 0.2) is 53.6 Å². The third kappa shape index (κ3) is 4.30. The number of rotatable bonds is 8. The van der Waals surface area contributed by atoms with Gasteiger partial charge in [-0.2, -0.15) is 9.78 Å². The topological polar surface area (TPSA) is 76.8 Å². The molecule has 0 aromatic carbocycles. The van der Waals surface area contributed by atoms with Gasteiger partial charge < -0.3 is 15.2 Å². The van der Waals surface area contributed by atoms with Crippen molar-refractivity contribution in [2.75, 3.05) is 25.0 Å². The molecule has 0 spiro atoms. The van der Waals surface area contributed by atoms with Crippen LogP contribution in [0.4, 0.5) is 5.82 Å². The van der Waals surface area contributed by atoms with Crippen LogP contribution in [0.25, 0.3) is 27.9 Å².